The Bertz CT molecular complexity index is 458. The molecule has 1 fully saturated rings. The molecule has 0 aliphatic carbocycles. The van der Waals surface area contributed by atoms with E-state index >= 15 is 0 Å². The van der Waals surface area contributed by atoms with Crippen LogP contribution in [0.4, 0.5) is 0 Å². The Balaban J connectivity index is 2.16. The highest BCUT2D eigenvalue weighted by atomic mass is 15.3. The number of hydrogen-bond acceptors (Lipinski definition) is 3. The lowest BCUT2D eigenvalue weighted by molar-refractivity contribution is 0.0880. The van der Waals surface area contributed by atoms with Gasteiger partial charge >= 0.3 is 0 Å². The summed E-state index contributed by atoms with van der Waals surface area (Å²) in [6.45, 7) is 11.1. The van der Waals surface area contributed by atoms with Crippen LogP contribution in [0, 0.1) is 13.8 Å². The number of likely N-dealkylation sites (N-methyl/N-ethyl adjacent to an activating group) is 3. The molecule has 21 heavy (non-hydrogen) atoms. The molecule has 2 atom stereocenters. The largest absolute Gasteiger partial charge is 0.312 e. The zero-order chi connectivity index (χ0) is 15.4. The first-order chi connectivity index (χ1) is 10.0. The van der Waals surface area contributed by atoms with Crippen LogP contribution in [-0.2, 0) is 6.42 Å². The van der Waals surface area contributed by atoms with Crippen molar-refractivity contribution in [2.45, 2.75) is 39.3 Å². The van der Waals surface area contributed by atoms with E-state index in [0.29, 0.717) is 12.1 Å². The smallest absolute Gasteiger partial charge is 0.0377 e. The fourth-order valence-corrected chi connectivity index (χ4v) is 3.34. The van der Waals surface area contributed by atoms with Crippen molar-refractivity contribution in [1.82, 2.24) is 15.1 Å². The highest BCUT2D eigenvalue weighted by molar-refractivity contribution is 5.31. The monoisotopic (exact) mass is 289 g/mol. The summed E-state index contributed by atoms with van der Waals surface area (Å²) in [6.07, 6.45) is 1.12. The molecule has 1 aromatic carbocycles. The maximum atomic E-state index is 3.73. The Morgan fingerprint density at radius 2 is 2.00 bits per heavy atom. The van der Waals surface area contributed by atoms with E-state index < -0.39 is 0 Å². The molecule has 1 aromatic rings. The number of aryl methyl sites for hydroxylation is 2. The maximum Gasteiger partial charge on any atom is 0.0377 e. The van der Waals surface area contributed by atoms with Gasteiger partial charge < -0.3 is 10.2 Å². The highest BCUT2D eigenvalue weighted by Gasteiger charge is 2.29. The summed E-state index contributed by atoms with van der Waals surface area (Å²) in [4.78, 5) is 4.98. The summed E-state index contributed by atoms with van der Waals surface area (Å²) in [7, 11) is 4.51. The van der Waals surface area contributed by atoms with Crippen molar-refractivity contribution in [2.75, 3.05) is 40.3 Å². The summed E-state index contributed by atoms with van der Waals surface area (Å²) < 4.78 is 0. The highest BCUT2D eigenvalue weighted by Crippen LogP contribution is 2.18. The van der Waals surface area contributed by atoms with Crippen molar-refractivity contribution in [2.24, 2.45) is 0 Å². The Kier molecular flexibility index (Phi) is 5.80. The van der Waals surface area contributed by atoms with Crippen LogP contribution in [0.15, 0.2) is 18.2 Å². The zero-order valence-electron chi connectivity index (χ0n) is 14.3. The van der Waals surface area contributed by atoms with Gasteiger partial charge in [0, 0.05) is 31.7 Å². The maximum absolute atomic E-state index is 3.73. The number of benzene rings is 1. The number of rotatable bonds is 5. The van der Waals surface area contributed by atoms with Crippen LogP contribution in [0.2, 0.25) is 0 Å². The first-order valence-corrected chi connectivity index (χ1v) is 8.19. The van der Waals surface area contributed by atoms with Crippen LogP contribution in [0.25, 0.3) is 0 Å². The van der Waals surface area contributed by atoms with Crippen molar-refractivity contribution >= 4 is 0 Å². The van der Waals surface area contributed by atoms with Crippen molar-refractivity contribution < 1.29 is 0 Å². The van der Waals surface area contributed by atoms with E-state index in [1.807, 2.05) is 0 Å². The topological polar surface area (TPSA) is 18.5 Å². The van der Waals surface area contributed by atoms with Gasteiger partial charge in [0.15, 0.2) is 0 Å². The molecule has 0 amide bonds. The SMILES string of the molecule is CCNC(Cc1cc(C)ccc1C)C1CN(C)CCN1C. The fourth-order valence-electron chi connectivity index (χ4n) is 3.34. The fraction of sp³-hybridized carbons (Fsp3) is 0.667. The summed E-state index contributed by atoms with van der Waals surface area (Å²) in [5, 5.41) is 3.73. The normalized spacial score (nSPS) is 22.4. The second-order valence-electron chi connectivity index (χ2n) is 6.61. The van der Waals surface area contributed by atoms with Crippen LogP contribution in [0.1, 0.15) is 23.6 Å². The Morgan fingerprint density at radius 3 is 2.71 bits per heavy atom. The number of nitrogens with zero attached hydrogens (tertiary/aromatic N) is 2. The van der Waals surface area contributed by atoms with E-state index in [1.54, 1.807) is 0 Å². The lowest BCUT2D eigenvalue weighted by atomic mass is 9.93. The molecule has 1 N–H and O–H groups in total. The van der Waals surface area contributed by atoms with Gasteiger partial charge in [-0.2, -0.15) is 0 Å². The molecule has 0 spiro atoms. The van der Waals surface area contributed by atoms with Gasteiger partial charge in [-0.15, -0.1) is 0 Å². The van der Waals surface area contributed by atoms with Gasteiger partial charge in [-0.05, 0) is 52.0 Å². The third-order valence-electron chi connectivity index (χ3n) is 4.77. The third-order valence-corrected chi connectivity index (χ3v) is 4.77. The van der Waals surface area contributed by atoms with Crippen molar-refractivity contribution in [3.8, 4) is 0 Å². The van der Waals surface area contributed by atoms with Gasteiger partial charge in [0.1, 0.15) is 0 Å². The minimum absolute atomic E-state index is 0.517. The van der Waals surface area contributed by atoms with Crippen LogP contribution in [0.3, 0.4) is 0 Å². The summed E-state index contributed by atoms with van der Waals surface area (Å²) >= 11 is 0. The molecule has 118 valence electrons. The van der Waals surface area contributed by atoms with Gasteiger partial charge in [0.05, 0.1) is 0 Å². The number of piperazine rings is 1. The van der Waals surface area contributed by atoms with Crippen molar-refractivity contribution in [3.63, 3.8) is 0 Å². The average Bonchev–Trinajstić information content (AvgIpc) is 2.45. The molecule has 1 aliphatic heterocycles. The molecule has 2 rings (SSSR count). The molecular weight excluding hydrogens is 258 g/mol. The van der Waals surface area contributed by atoms with Crippen molar-refractivity contribution in [3.05, 3.63) is 34.9 Å². The van der Waals surface area contributed by atoms with Crippen LogP contribution < -0.4 is 5.32 Å². The molecule has 0 saturated carbocycles. The molecule has 0 aromatic heterocycles. The molecular formula is C18H31N3. The molecule has 0 radical (unpaired) electrons. The lowest BCUT2D eigenvalue weighted by Gasteiger charge is -2.42. The minimum atomic E-state index is 0.517. The Labute approximate surface area is 130 Å². The zero-order valence-corrected chi connectivity index (χ0v) is 14.3. The summed E-state index contributed by atoms with van der Waals surface area (Å²) in [5.74, 6) is 0. The summed E-state index contributed by atoms with van der Waals surface area (Å²) in [5.41, 5.74) is 4.26. The standard InChI is InChI=1S/C18H31N3/c1-6-19-17(18-13-20(4)9-10-21(18)5)12-16-11-14(2)7-8-15(16)3/h7-8,11,17-19H,6,9-10,12-13H2,1-5H3. The van der Waals surface area contributed by atoms with Crippen LogP contribution in [-0.4, -0.2) is 62.2 Å². The first-order valence-electron chi connectivity index (χ1n) is 8.19. The molecule has 3 nitrogen and oxygen atoms in total. The molecule has 0 bridgehead atoms. The Morgan fingerprint density at radius 1 is 1.24 bits per heavy atom. The molecule has 1 heterocycles. The van der Waals surface area contributed by atoms with E-state index in [1.165, 1.54) is 23.2 Å². The van der Waals surface area contributed by atoms with Gasteiger partial charge in [0.2, 0.25) is 0 Å². The van der Waals surface area contributed by atoms with Crippen LogP contribution in [0.5, 0.6) is 0 Å². The van der Waals surface area contributed by atoms with Crippen molar-refractivity contribution in [1.29, 1.82) is 0 Å². The predicted molar refractivity (Wildman–Crippen MR) is 91.0 cm³/mol. The number of hydrogen-bond donors (Lipinski definition) is 1. The quantitative estimate of drug-likeness (QED) is 0.895. The molecule has 2 unspecified atom stereocenters. The van der Waals surface area contributed by atoms with E-state index in [4.69, 9.17) is 0 Å². The second kappa shape index (κ2) is 7.39. The van der Waals surface area contributed by atoms with Crippen LogP contribution >= 0.6 is 0 Å². The van der Waals surface area contributed by atoms with E-state index in [9.17, 15) is 0 Å². The second-order valence-corrected chi connectivity index (χ2v) is 6.61. The van der Waals surface area contributed by atoms with Gasteiger partial charge in [-0.1, -0.05) is 30.7 Å². The first kappa shape index (κ1) is 16.5. The molecule has 1 saturated heterocycles. The number of nitrogens with one attached hydrogen (secondary N) is 1. The minimum Gasteiger partial charge on any atom is -0.312 e. The van der Waals surface area contributed by atoms with E-state index in [2.05, 4.69) is 68.2 Å². The van der Waals surface area contributed by atoms with Gasteiger partial charge in [-0.25, -0.2) is 0 Å². The molecule has 1 aliphatic rings. The predicted octanol–water partition coefficient (Wildman–Crippen LogP) is 2.07. The average molecular weight is 289 g/mol. The molecule has 3 heteroatoms. The summed E-state index contributed by atoms with van der Waals surface area (Å²) in [6, 6.07) is 7.92. The Hall–Kier alpha value is -0.900. The van der Waals surface area contributed by atoms with E-state index in [0.717, 1.165) is 26.1 Å². The third kappa shape index (κ3) is 4.29. The lowest BCUT2D eigenvalue weighted by Crippen LogP contribution is -2.59. The van der Waals surface area contributed by atoms with Gasteiger partial charge in [-0.3, -0.25) is 4.90 Å². The van der Waals surface area contributed by atoms with E-state index in [-0.39, 0.29) is 0 Å². The van der Waals surface area contributed by atoms with Gasteiger partial charge in [0.25, 0.3) is 0 Å².